The molecule has 1 aliphatic heterocycles. The first-order chi connectivity index (χ1) is 13.8. The number of amides is 1. The summed E-state index contributed by atoms with van der Waals surface area (Å²) in [6.07, 6.45) is -2.23. The summed E-state index contributed by atoms with van der Waals surface area (Å²) < 4.78 is 45.0. The predicted octanol–water partition coefficient (Wildman–Crippen LogP) is 5.51. The number of carbonyl (C=O) groups is 1. The van der Waals surface area contributed by atoms with Crippen LogP contribution in [0.5, 0.6) is 0 Å². The zero-order valence-corrected chi connectivity index (χ0v) is 16.0. The van der Waals surface area contributed by atoms with Crippen molar-refractivity contribution in [2.45, 2.75) is 38.9 Å². The molecule has 4 nitrogen and oxygen atoms in total. The number of halogens is 3. The third-order valence-electron chi connectivity index (χ3n) is 5.37. The van der Waals surface area contributed by atoms with Crippen LogP contribution in [0.15, 0.2) is 53.3 Å². The van der Waals surface area contributed by atoms with Gasteiger partial charge in [-0.1, -0.05) is 30.3 Å². The van der Waals surface area contributed by atoms with E-state index in [0.717, 1.165) is 22.9 Å². The monoisotopic (exact) mass is 400 g/mol. The van der Waals surface area contributed by atoms with Gasteiger partial charge < -0.3 is 9.42 Å². The lowest BCUT2D eigenvalue weighted by Gasteiger charge is -2.19. The van der Waals surface area contributed by atoms with E-state index in [1.807, 2.05) is 32.0 Å². The van der Waals surface area contributed by atoms with Crippen LogP contribution in [-0.4, -0.2) is 11.1 Å². The molecule has 150 valence electrons. The maximum absolute atomic E-state index is 13.3. The van der Waals surface area contributed by atoms with Gasteiger partial charge in [0.15, 0.2) is 0 Å². The van der Waals surface area contributed by atoms with Crippen molar-refractivity contribution in [1.82, 2.24) is 5.16 Å². The van der Waals surface area contributed by atoms with E-state index >= 15 is 0 Å². The van der Waals surface area contributed by atoms with Crippen LogP contribution in [0.4, 0.5) is 18.9 Å². The van der Waals surface area contributed by atoms with Crippen LogP contribution in [0.2, 0.25) is 0 Å². The van der Waals surface area contributed by atoms with Gasteiger partial charge in [-0.2, -0.15) is 13.2 Å². The highest BCUT2D eigenvalue weighted by Crippen LogP contribution is 2.38. The molecule has 0 bridgehead atoms. The highest BCUT2D eigenvalue weighted by atomic mass is 19.4. The minimum Gasteiger partial charge on any atom is -0.364 e. The molecule has 1 atom stereocenters. The SMILES string of the molecule is Cc1conc1C[C@H](C)c1cccc(N2Cc3c(cccc3C(F)(F)F)C2=O)c1. The lowest BCUT2D eigenvalue weighted by Crippen LogP contribution is -2.23. The maximum atomic E-state index is 13.3. The topological polar surface area (TPSA) is 46.3 Å². The Labute approximate surface area is 165 Å². The fraction of sp³-hybridized carbons (Fsp3) is 0.273. The Balaban J connectivity index is 1.62. The number of rotatable bonds is 4. The summed E-state index contributed by atoms with van der Waals surface area (Å²) in [7, 11) is 0. The van der Waals surface area contributed by atoms with E-state index in [4.69, 9.17) is 4.52 Å². The van der Waals surface area contributed by atoms with Crippen LogP contribution in [-0.2, 0) is 19.1 Å². The molecule has 0 unspecified atom stereocenters. The third kappa shape index (κ3) is 3.52. The van der Waals surface area contributed by atoms with E-state index in [9.17, 15) is 18.0 Å². The summed E-state index contributed by atoms with van der Waals surface area (Å²) in [6.45, 7) is 3.87. The maximum Gasteiger partial charge on any atom is 0.416 e. The van der Waals surface area contributed by atoms with Gasteiger partial charge in [-0.15, -0.1) is 0 Å². The molecule has 2 aromatic carbocycles. The molecule has 29 heavy (non-hydrogen) atoms. The van der Waals surface area contributed by atoms with Crippen molar-refractivity contribution in [1.29, 1.82) is 0 Å². The van der Waals surface area contributed by atoms with Gasteiger partial charge in [-0.3, -0.25) is 4.79 Å². The van der Waals surface area contributed by atoms with Gasteiger partial charge in [0, 0.05) is 16.8 Å². The highest BCUT2D eigenvalue weighted by Gasteiger charge is 2.39. The van der Waals surface area contributed by atoms with Gasteiger partial charge >= 0.3 is 6.18 Å². The molecule has 2 heterocycles. The first-order valence-corrected chi connectivity index (χ1v) is 9.26. The smallest absolute Gasteiger partial charge is 0.364 e. The molecule has 7 heteroatoms. The summed E-state index contributed by atoms with van der Waals surface area (Å²) >= 11 is 0. The largest absolute Gasteiger partial charge is 0.416 e. The molecule has 0 spiro atoms. The molecule has 0 aliphatic carbocycles. The lowest BCUT2D eigenvalue weighted by atomic mass is 9.94. The molecule has 0 radical (unpaired) electrons. The van der Waals surface area contributed by atoms with E-state index < -0.39 is 17.6 Å². The molecule has 1 amide bonds. The Morgan fingerprint density at radius 1 is 1.21 bits per heavy atom. The second-order valence-electron chi connectivity index (χ2n) is 7.37. The first-order valence-electron chi connectivity index (χ1n) is 9.26. The van der Waals surface area contributed by atoms with E-state index in [-0.39, 0.29) is 23.6 Å². The standard InChI is InChI=1S/C22H19F3N2O2/c1-13(9-20-14(2)12-29-26-20)15-5-3-6-16(10-15)27-11-18-17(21(27)28)7-4-8-19(18)22(23,24)25/h3-8,10,12-13H,9,11H2,1-2H3/t13-/m0/s1. The molecule has 0 saturated carbocycles. The summed E-state index contributed by atoms with van der Waals surface area (Å²) in [5, 5.41) is 4.01. The van der Waals surface area contributed by atoms with Gasteiger partial charge in [0.05, 0.1) is 17.8 Å². The minimum atomic E-state index is -4.49. The summed E-state index contributed by atoms with van der Waals surface area (Å²) in [5.74, 6) is -0.312. The Kier molecular flexibility index (Phi) is 4.68. The zero-order valence-electron chi connectivity index (χ0n) is 16.0. The number of hydrogen-bond acceptors (Lipinski definition) is 3. The number of anilines is 1. The molecule has 1 aliphatic rings. The quantitative estimate of drug-likeness (QED) is 0.580. The molecule has 4 rings (SSSR count). The van der Waals surface area contributed by atoms with Crippen LogP contribution in [0.25, 0.3) is 0 Å². The van der Waals surface area contributed by atoms with E-state index in [2.05, 4.69) is 5.16 Å². The van der Waals surface area contributed by atoms with E-state index in [1.54, 1.807) is 12.3 Å². The summed E-state index contributed by atoms with van der Waals surface area (Å²) in [4.78, 5) is 14.2. The zero-order chi connectivity index (χ0) is 20.8. The number of hydrogen-bond donors (Lipinski definition) is 0. The van der Waals surface area contributed by atoms with Crippen molar-refractivity contribution in [3.8, 4) is 0 Å². The van der Waals surface area contributed by atoms with Crippen molar-refractivity contribution < 1.29 is 22.5 Å². The van der Waals surface area contributed by atoms with Crippen LogP contribution in [0, 0.1) is 6.92 Å². The normalized spacial score (nSPS) is 14.9. The second kappa shape index (κ2) is 7.06. The van der Waals surface area contributed by atoms with E-state index in [1.165, 1.54) is 17.0 Å². The highest BCUT2D eigenvalue weighted by molar-refractivity contribution is 6.10. The Morgan fingerprint density at radius 2 is 1.97 bits per heavy atom. The number of aromatic nitrogens is 1. The number of carbonyl (C=O) groups excluding carboxylic acids is 1. The van der Waals surface area contributed by atoms with Crippen LogP contribution >= 0.6 is 0 Å². The van der Waals surface area contributed by atoms with Gasteiger partial charge in [-0.05, 0) is 54.7 Å². The number of fused-ring (bicyclic) bond motifs is 1. The van der Waals surface area contributed by atoms with Crippen molar-refractivity contribution in [3.05, 3.63) is 82.2 Å². The van der Waals surface area contributed by atoms with Crippen LogP contribution in [0.3, 0.4) is 0 Å². The molecular formula is C22H19F3N2O2. The molecule has 1 aromatic heterocycles. The second-order valence-corrected chi connectivity index (χ2v) is 7.37. The van der Waals surface area contributed by atoms with Gasteiger partial charge in [0.2, 0.25) is 0 Å². The van der Waals surface area contributed by atoms with E-state index in [0.29, 0.717) is 12.1 Å². The van der Waals surface area contributed by atoms with Gasteiger partial charge in [0.25, 0.3) is 5.91 Å². The van der Waals surface area contributed by atoms with Gasteiger partial charge in [0.1, 0.15) is 6.26 Å². The molecule has 0 saturated heterocycles. The molecular weight excluding hydrogens is 381 g/mol. The van der Waals surface area contributed by atoms with Crippen molar-refractivity contribution in [2.75, 3.05) is 4.90 Å². The van der Waals surface area contributed by atoms with Gasteiger partial charge in [-0.25, -0.2) is 0 Å². The average molecular weight is 400 g/mol. The number of nitrogens with zero attached hydrogens (tertiary/aromatic N) is 2. The number of benzene rings is 2. The third-order valence-corrected chi connectivity index (χ3v) is 5.37. The predicted molar refractivity (Wildman–Crippen MR) is 102 cm³/mol. The Bertz CT molecular complexity index is 1070. The van der Waals surface area contributed by atoms with Crippen molar-refractivity contribution >= 4 is 11.6 Å². The van der Waals surface area contributed by atoms with Crippen molar-refractivity contribution in [2.24, 2.45) is 0 Å². The fourth-order valence-corrected chi connectivity index (χ4v) is 3.72. The Hall–Kier alpha value is -3.09. The first kappa shape index (κ1) is 19.2. The minimum absolute atomic E-state index is 0.0293. The summed E-state index contributed by atoms with van der Waals surface area (Å²) in [6, 6.07) is 11.1. The molecule has 3 aromatic rings. The average Bonchev–Trinajstić information content (AvgIpc) is 3.24. The molecule has 0 fully saturated rings. The number of alkyl halides is 3. The fourth-order valence-electron chi connectivity index (χ4n) is 3.72. The lowest BCUT2D eigenvalue weighted by molar-refractivity contribution is -0.138. The van der Waals surface area contributed by atoms with Crippen molar-refractivity contribution in [3.63, 3.8) is 0 Å². The molecule has 0 N–H and O–H groups in total. The van der Waals surface area contributed by atoms with Crippen LogP contribution in [0.1, 0.15) is 51.1 Å². The summed E-state index contributed by atoms with van der Waals surface area (Å²) in [5.41, 5.74) is 2.78. The Morgan fingerprint density at radius 3 is 2.66 bits per heavy atom. The number of aryl methyl sites for hydroxylation is 1. The van der Waals surface area contributed by atoms with Crippen LogP contribution < -0.4 is 4.90 Å².